The minimum atomic E-state index is 0.587. The summed E-state index contributed by atoms with van der Waals surface area (Å²) in [7, 11) is 0. The molecule has 1 aliphatic rings. The first-order valence-corrected chi connectivity index (χ1v) is 5.55. The van der Waals surface area contributed by atoms with Crippen molar-refractivity contribution in [3.05, 3.63) is 40.8 Å². The predicted octanol–water partition coefficient (Wildman–Crippen LogP) is 2.74. The Labute approximate surface area is 98.1 Å². The fourth-order valence-electron chi connectivity index (χ4n) is 1.95. The van der Waals surface area contributed by atoms with Crippen LogP contribution in [0.15, 0.2) is 30.6 Å². The van der Waals surface area contributed by atoms with Gasteiger partial charge >= 0.3 is 0 Å². The second kappa shape index (κ2) is 3.72. The number of ether oxygens (including phenoxy) is 1. The lowest BCUT2D eigenvalue weighted by atomic mass is 10.1. The van der Waals surface area contributed by atoms with Gasteiger partial charge in [-0.05, 0) is 17.7 Å². The molecule has 1 N–H and O–H groups in total. The molecule has 1 aromatic heterocycles. The van der Waals surface area contributed by atoms with Crippen LogP contribution < -0.4 is 4.74 Å². The van der Waals surface area contributed by atoms with Gasteiger partial charge in [-0.2, -0.15) is 0 Å². The molecule has 0 spiro atoms. The molecular formula is C12H10N2OS. The van der Waals surface area contributed by atoms with Crippen LogP contribution in [0.1, 0.15) is 5.56 Å². The highest BCUT2D eigenvalue weighted by Crippen LogP contribution is 2.35. The molecule has 0 atom stereocenters. The van der Waals surface area contributed by atoms with Gasteiger partial charge in [0.05, 0.1) is 18.6 Å². The van der Waals surface area contributed by atoms with E-state index in [4.69, 9.17) is 17.0 Å². The number of aromatic nitrogens is 2. The van der Waals surface area contributed by atoms with Crippen molar-refractivity contribution in [2.75, 3.05) is 6.61 Å². The van der Waals surface area contributed by atoms with Crippen molar-refractivity contribution in [3.63, 3.8) is 0 Å². The predicted molar refractivity (Wildman–Crippen MR) is 64.1 cm³/mol. The number of nitrogens with one attached hydrogen (secondary N) is 1. The molecule has 0 saturated carbocycles. The Bertz CT molecular complexity index is 592. The third kappa shape index (κ3) is 1.51. The van der Waals surface area contributed by atoms with E-state index < -0.39 is 0 Å². The van der Waals surface area contributed by atoms with Crippen molar-refractivity contribution < 1.29 is 4.74 Å². The number of hydrogen-bond donors (Lipinski definition) is 1. The molecule has 0 radical (unpaired) electrons. The summed E-state index contributed by atoms with van der Waals surface area (Å²) in [5, 5.41) is 0. The Morgan fingerprint density at radius 2 is 2.31 bits per heavy atom. The van der Waals surface area contributed by atoms with E-state index >= 15 is 0 Å². The summed E-state index contributed by atoms with van der Waals surface area (Å²) in [5.41, 5.74) is 3.27. The SMILES string of the molecule is S=c1cc(-c2cccc3c2OCC3)[nH]cn1. The second-order valence-electron chi connectivity index (χ2n) is 3.69. The zero-order chi connectivity index (χ0) is 11.0. The van der Waals surface area contributed by atoms with Crippen molar-refractivity contribution in [3.8, 4) is 17.0 Å². The van der Waals surface area contributed by atoms with E-state index in [1.54, 1.807) is 6.33 Å². The molecule has 80 valence electrons. The number of hydrogen-bond acceptors (Lipinski definition) is 3. The Balaban J connectivity index is 2.21. The number of fused-ring (bicyclic) bond motifs is 1. The number of para-hydroxylation sites is 1. The third-order valence-electron chi connectivity index (χ3n) is 2.68. The standard InChI is InChI=1S/C12H10N2OS/c16-11-6-10(13-7-14-11)9-3-1-2-8-4-5-15-12(8)9/h1-3,6-7H,4-5H2,(H,13,14,16). The third-order valence-corrected chi connectivity index (χ3v) is 2.91. The lowest BCUT2D eigenvalue weighted by Crippen LogP contribution is -1.90. The molecule has 2 heterocycles. The highest BCUT2D eigenvalue weighted by molar-refractivity contribution is 7.71. The van der Waals surface area contributed by atoms with Gasteiger partial charge in [0.2, 0.25) is 0 Å². The molecule has 0 fully saturated rings. The zero-order valence-corrected chi connectivity index (χ0v) is 9.38. The van der Waals surface area contributed by atoms with Crippen molar-refractivity contribution >= 4 is 12.2 Å². The van der Waals surface area contributed by atoms with E-state index in [0.717, 1.165) is 30.0 Å². The van der Waals surface area contributed by atoms with Crippen LogP contribution in [-0.2, 0) is 6.42 Å². The Morgan fingerprint density at radius 3 is 3.19 bits per heavy atom. The molecule has 16 heavy (non-hydrogen) atoms. The van der Waals surface area contributed by atoms with E-state index in [0.29, 0.717) is 4.64 Å². The van der Waals surface area contributed by atoms with Crippen LogP contribution in [0.4, 0.5) is 0 Å². The second-order valence-corrected chi connectivity index (χ2v) is 4.11. The summed E-state index contributed by atoms with van der Waals surface area (Å²) in [4.78, 5) is 7.07. The van der Waals surface area contributed by atoms with Crippen LogP contribution >= 0.6 is 12.2 Å². The van der Waals surface area contributed by atoms with Crippen LogP contribution in [0.25, 0.3) is 11.3 Å². The zero-order valence-electron chi connectivity index (χ0n) is 8.56. The number of benzene rings is 1. The van der Waals surface area contributed by atoms with Crippen molar-refractivity contribution in [1.82, 2.24) is 9.97 Å². The van der Waals surface area contributed by atoms with Gasteiger partial charge in [0.25, 0.3) is 0 Å². The first-order chi connectivity index (χ1) is 7.84. The van der Waals surface area contributed by atoms with Gasteiger partial charge < -0.3 is 9.72 Å². The molecule has 3 rings (SSSR count). The molecule has 4 heteroatoms. The number of nitrogens with zero attached hydrogens (tertiary/aromatic N) is 1. The first kappa shape index (κ1) is 9.54. The molecule has 0 amide bonds. The quantitative estimate of drug-likeness (QED) is 0.765. The molecule has 0 saturated heterocycles. The Kier molecular flexibility index (Phi) is 2.22. The Morgan fingerprint density at radius 1 is 1.38 bits per heavy atom. The van der Waals surface area contributed by atoms with Gasteiger partial charge in [0.15, 0.2) is 0 Å². The smallest absolute Gasteiger partial charge is 0.131 e. The highest BCUT2D eigenvalue weighted by Gasteiger charge is 2.16. The van der Waals surface area contributed by atoms with E-state index in [9.17, 15) is 0 Å². The molecule has 3 nitrogen and oxygen atoms in total. The molecule has 0 unspecified atom stereocenters. The summed E-state index contributed by atoms with van der Waals surface area (Å²) >= 11 is 5.06. The van der Waals surface area contributed by atoms with Crippen LogP contribution in [0.3, 0.4) is 0 Å². The first-order valence-electron chi connectivity index (χ1n) is 5.14. The number of H-pyrrole nitrogens is 1. The summed E-state index contributed by atoms with van der Waals surface area (Å²) in [6.45, 7) is 0.762. The maximum absolute atomic E-state index is 5.65. The van der Waals surface area contributed by atoms with Crippen molar-refractivity contribution in [2.24, 2.45) is 0 Å². The van der Waals surface area contributed by atoms with Crippen LogP contribution in [0.5, 0.6) is 5.75 Å². The Hall–Kier alpha value is -1.68. The summed E-state index contributed by atoms with van der Waals surface area (Å²) < 4.78 is 6.24. The minimum absolute atomic E-state index is 0.587. The monoisotopic (exact) mass is 230 g/mol. The van der Waals surface area contributed by atoms with E-state index in [2.05, 4.69) is 16.0 Å². The van der Waals surface area contributed by atoms with Gasteiger partial charge in [-0.1, -0.05) is 24.4 Å². The largest absolute Gasteiger partial charge is 0.492 e. The van der Waals surface area contributed by atoms with Gasteiger partial charge in [0.1, 0.15) is 10.4 Å². The number of rotatable bonds is 1. The van der Waals surface area contributed by atoms with E-state index in [1.807, 2.05) is 18.2 Å². The fraction of sp³-hybridized carbons (Fsp3) is 0.167. The van der Waals surface area contributed by atoms with Gasteiger partial charge in [0, 0.05) is 12.0 Å². The maximum Gasteiger partial charge on any atom is 0.131 e. The van der Waals surface area contributed by atoms with Gasteiger partial charge in [-0.3, -0.25) is 0 Å². The normalized spacial score (nSPS) is 13.2. The van der Waals surface area contributed by atoms with Gasteiger partial charge in [-0.25, -0.2) is 4.98 Å². The summed E-state index contributed by atoms with van der Waals surface area (Å²) in [6.07, 6.45) is 2.60. The molecule has 1 aromatic carbocycles. The summed E-state index contributed by atoms with van der Waals surface area (Å²) in [5.74, 6) is 0.972. The molecule has 1 aliphatic heterocycles. The topological polar surface area (TPSA) is 37.9 Å². The maximum atomic E-state index is 5.65. The van der Waals surface area contributed by atoms with E-state index in [-0.39, 0.29) is 0 Å². The van der Waals surface area contributed by atoms with Crippen LogP contribution in [-0.4, -0.2) is 16.6 Å². The van der Waals surface area contributed by atoms with Gasteiger partial charge in [-0.15, -0.1) is 0 Å². The summed E-state index contributed by atoms with van der Waals surface area (Å²) in [6, 6.07) is 8.03. The average molecular weight is 230 g/mol. The van der Waals surface area contributed by atoms with Crippen molar-refractivity contribution in [2.45, 2.75) is 6.42 Å². The van der Waals surface area contributed by atoms with Crippen LogP contribution in [0, 0.1) is 4.64 Å². The molecule has 0 bridgehead atoms. The minimum Gasteiger partial charge on any atom is -0.492 e. The van der Waals surface area contributed by atoms with Crippen LogP contribution in [0.2, 0.25) is 0 Å². The average Bonchev–Trinajstić information content (AvgIpc) is 2.76. The lowest BCUT2D eigenvalue weighted by Gasteiger charge is -2.07. The fourth-order valence-corrected chi connectivity index (χ4v) is 2.12. The number of aromatic amines is 1. The highest BCUT2D eigenvalue weighted by atomic mass is 32.1. The molecule has 0 aliphatic carbocycles. The van der Waals surface area contributed by atoms with E-state index in [1.165, 1.54) is 5.56 Å². The lowest BCUT2D eigenvalue weighted by molar-refractivity contribution is 0.358. The van der Waals surface area contributed by atoms with Crippen molar-refractivity contribution in [1.29, 1.82) is 0 Å². The molecule has 2 aromatic rings. The molecular weight excluding hydrogens is 220 g/mol.